The third-order valence-corrected chi connectivity index (χ3v) is 12.9. The van der Waals surface area contributed by atoms with Gasteiger partial charge in [-0.25, -0.2) is 8.42 Å². The second-order valence-corrected chi connectivity index (χ2v) is 16.5. The van der Waals surface area contributed by atoms with Crippen molar-refractivity contribution < 1.29 is 8.42 Å². The first-order chi connectivity index (χ1) is 26.4. The van der Waals surface area contributed by atoms with Crippen LogP contribution in [0.4, 0.5) is 34.1 Å². The number of anilines is 6. The maximum Gasteiger partial charge on any atom is 0.211 e. The van der Waals surface area contributed by atoms with E-state index >= 15 is 0 Å². The minimum absolute atomic E-state index is 0.285. The summed E-state index contributed by atoms with van der Waals surface area (Å²) in [5.74, 6) is 0. The van der Waals surface area contributed by atoms with E-state index < -0.39 is 19.6 Å². The van der Waals surface area contributed by atoms with Gasteiger partial charge in [-0.2, -0.15) is 21.0 Å². The van der Waals surface area contributed by atoms with Crippen molar-refractivity contribution in [3.63, 3.8) is 0 Å². The zero-order valence-electron chi connectivity index (χ0n) is 30.5. The van der Waals surface area contributed by atoms with Gasteiger partial charge >= 0.3 is 0 Å². The van der Waals surface area contributed by atoms with Gasteiger partial charge in [-0.05, 0) is 70.8 Å². The highest BCUT2D eigenvalue weighted by atomic mass is 32.2. The number of nitriles is 4. The highest BCUT2D eigenvalue weighted by molar-refractivity contribution is 7.91. The Balaban J connectivity index is 1.32. The lowest BCUT2D eigenvalue weighted by molar-refractivity contribution is 0.595. The van der Waals surface area contributed by atoms with Crippen LogP contribution in [0.3, 0.4) is 0 Å². The first kappa shape index (κ1) is 34.9. The van der Waals surface area contributed by atoms with Crippen molar-refractivity contribution in [2.24, 2.45) is 0 Å². The van der Waals surface area contributed by atoms with E-state index in [0.29, 0.717) is 11.4 Å². The normalized spacial score (nSPS) is 14.5. The molecule has 0 aromatic heterocycles. The largest absolute Gasteiger partial charge is 0.310 e. The average Bonchev–Trinajstić information content (AvgIpc) is 3.20. The van der Waals surface area contributed by atoms with Crippen LogP contribution in [0.1, 0.15) is 72.2 Å². The van der Waals surface area contributed by atoms with Crippen LogP contribution in [0, 0.1) is 45.3 Å². The van der Waals surface area contributed by atoms with Crippen molar-refractivity contribution in [3.05, 3.63) is 166 Å². The summed E-state index contributed by atoms with van der Waals surface area (Å²) in [5.41, 5.74) is 6.33. The van der Waals surface area contributed by atoms with Gasteiger partial charge in [0.2, 0.25) is 9.84 Å². The number of nitrogens with zero attached hydrogens (tertiary/aromatic N) is 6. The molecule has 55 heavy (non-hydrogen) atoms. The van der Waals surface area contributed by atoms with E-state index in [1.54, 1.807) is 0 Å². The molecule has 9 heteroatoms. The van der Waals surface area contributed by atoms with Gasteiger partial charge in [0.25, 0.3) is 0 Å². The van der Waals surface area contributed by atoms with Gasteiger partial charge in [-0.1, -0.05) is 100 Å². The highest BCUT2D eigenvalue weighted by Crippen LogP contribution is 2.54. The van der Waals surface area contributed by atoms with E-state index in [-0.39, 0.29) is 33.1 Å². The van der Waals surface area contributed by atoms with E-state index in [1.165, 1.54) is 24.3 Å². The Labute approximate surface area is 320 Å². The highest BCUT2D eigenvalue weighted by Gasteiger charge is 2.40. The molecule has 0 radical (unpaired) electrons. The Morgan fingerprint density at radius 3 is 0.909 bits per heavy atom. The molecule has 264 valence electrons. The number of sulfone groups is 1. The van der Waals surface area contributed by atoms with Gasteiger partial charge in [0.15, 0.2) is 0 Å². The molecule has 0 aliphatic carbocycles. The summed E-state index contributed by atoms with van der Waals surface area (Å²) in [6, 6.07) is 45.3. The van der Waals surface area contributed by atoms with Gasteiger partial charge in [-0.15, -0.1) is 0 Å². The molecule has 0 saturated heterocycles. The van der Waals surface area contributed by atoms with Crippen molar-refractivity contribution in [1.82, 2.24) is 0 Å². The standard InChI is InChI=1S/C46H32N6O2S/c1-45(2)35-13-5-9-17-39(35)51(40-18-10-6-14-36(40)45)33-21-29(25-47)43(30(22-33)26-48)55(53,54)44-31(27-49)23-34(24-32(44)28-50)52-41-19-11-7-15-37(41)46(3,4)38-16-8-12-20-42(38)52/h5-24H,1-4H3. The summed E-state index contributed by atoms with van der Waals surface area (Å²) >= 11 is 0. The molecule has 0 bridgehead atoms. The Kier molecular flexibility index (Phi) is 7.91. The molecule has 8 nitrogen and oxygen atoms in total. The predicted molar refractivity (Wildman–Crippen MR) is 211 cm³/mol. The summed E-state index contributed by atoms with van der Waals surface area (Å²) in [6.07, 6.45) is 0. The molecule has 8 rings (SSSR count). The third kappa shape index (κ3) is 5.03. The summed E-state index contributed by atoms with van der Waals surface area (Å²) < 4.78 is 29.7. The predicted octanol–water partition coefficient (Wildman–Crippen LogP) is 10.2. The summed E-state index contributed by atoms with van der Waals surface area (Å²) in [5, 5.41) is 42.2. The van der Waals surface area contributed by atoms with Crippen LogP contribution < -0.4 is 9.80 Å². The fourth-order valence-electron chi connectivity index (χ4n) is 8.39. The van der Waals surface area contributed by atoms with E-state index in [0.717, 1.165) is 45.0 Å². The van der Waals surface area contributed by atoms with Crippen LogP contribution in [-0.2, 0) is 20.7 Å². The molecular formula is C46H32N6O2S. The molecule has 0 saturated carbocycles. The average molecular weight is 733 g/mol. The monoisotopic (exact) mass is 732 g/mol. The zero-order valence-corrected chi connectivity index (χ0v) is 31.3. The Morgan fingerprint density at radius 2 is 0.673 bits per heavy atom. The number of benzene rings is 6. The quantitative estimate of drug-likeness (QED) is 0.175. The molecule has 2 aliphatic rings. The molecule has 2 aliphatic heterocycles. The van der Waals surface area contributed by atoms with Crippen molar-refractivity contribution in [1.29, 1.82) is 21.0 Å². The Bertz CT molecular complexity index is 2560. The van der Waals surface area contributed by atoms with Crippen molar-refractivity contribution in [2.75, 3.05) is 9.80 Å². The first-order valence-electron chi connectivity index (χ1n) is 17.6. The first-order valence-corrected chi connectivity index (χ1v) is 19.1. The second kappa shape index (κ2) is 12.5. The Hall–Kier alpha value is -7.17. The van der Waals surface area contributed by atoms with Gasteiger partial charge < -0.3 is 9.80 Å². The lowest BCUT2D eigenvalue weighted by atomic mass is 9.73. The summed E-state index contributed by atoms with van der Waals surface area (Å²) in [6.45, 7) is 8.53. The van der Waals surface area contributed by atoms with E-state index in [2.05, 4.69) is 27.7 Å². The molecule has 0 unspecified atom stereocenters. The van der Waals surface area contributed by atoms with E-state index in [1.807, 2.05) is 131 Å². The SMILES string of the molecule is CC1(C)c2ccccc2N(c2cc(C#N)c(S(=O)(=O)c3c(C#N)cc(N4c5ccccc5C(C)(C)c5ccccc54)cc3C#N)c(C#N)c2)c2ccccc21. The Morgan fingerprint density at radius 1 is 0.436 bits per heavy atom. The van der Waals surface area contributed by atoms with Crippen LogP contribution in [-0.4, -0.2) is 8.42 Å². The number of rotatable bonds is 4. The molecule has 0 amide bonds. The summed E-state index contributed by atoms with van der Waals surface area (Å²) in [7, 11) is -4.81. The van der Waals surface area contributed by atoms with Crippen LogP contribution in [0.5, 0.6) is 0 Å². The van der Waals surface area contributed by atoms with E-state index in [9.17, 15) is 29.5 Å². The number of hydrogen-bond donors (Lipinski definition) is 0. The van der Waals surface area contributed by atoms with Crippen LogP contribution in [0.25, 0.3) is 0 Å². The van der Waals surface area contributed by atoms with Crippen molar-refractivity contribution >= 4 is 44.0 Å². The summed E-state index contributed by atoms with van der Waals surface area (Å²) in [4.78, 5) is 2.74. The van der Waals surface area contributed by atoms with Crippen molar-refractivity contribution in [3.8, 4) is 24.3 Å². The lowest BCUT2D eigenvalue weighted by Crippen LogP contribution is -2.30. The molecule has 0 spiro atoms. The zero-order chi connectivity index (χ0) is 38.9. The maximum absolute atomic E-state index is 14.9. The maximum atomic E-state index is 14.9. The van der Waals surface area contributed by atoms with E-state index in [4.69, 9.17) is 0 Å². The molecule has 6 aromatic carbocycles. The number of para-hydroxylation sites is 4. The minimum atomic E-state index is -4.81. The fraction of sp³-hybridized carbons (Fsp3) is 0.130. The van der Waals surface area contributed by atoms with Crippen LogP contribution >= 0.6 is 0 Å². The fourth-order valence-corrected chi connectivity index (χ4v) is 10.2. The smallest absolute Gasteiger partial charge is 0.211 e. The molecular weight excluding hydrogens is 701 g/mol. The molecule has 2 heterocycles. The van der Waals surface area contributed by atoms with Crippen LogP contribution in [0.2, 0.25) is 0 Å². The molecule has 0 N–H and O–H groups in total. The topological polar surface area (TPSA) is 136 Å². The van der Waals surface area contributed by atoms with Gasteiger partial charge in [-0.3, -0.25) is 0 Å². The van der Waals surface area contributed by atoms with Gasteiger partial charge in [0, 0.05) is 22.2 Å². The molecule has 0 fully saturated rings. The minimum Gasteiger partial charge on any atom is -0.310 e. The van der Waals surface area contributed by atoms with Crippen LogP contribution in [0.15, 0.2) is 131 Å². The van der Waals surface area contributed by atoms with Crippen molar-refractivity contribution in [2.45, 2.75) is 48.3 Å². The third-order valence-electron chi connectivity index (χ3n) is 11.0. The van der Waals surface area contributed by atoms with Gasteiger partial charge in [0.1, 0.15) is 34.1 Å². The second-order valence-electron chi connectivity index (χ2n) is 14.7. The number of fused-ring (bicyclic) bond motifs is 4. The molecule has 6 aromatic rings. The molecule has 0 atom stereocenters. The number of hydrogen-bond acceptors (Lipinski definition) is 8. The van der Waals surface area contributed by atoms with Gasteiger partial charge in [0.05, 0.1) is 45.0 Å². The lowest BCUT2D eigenvalue weighted by Gasteiger charge is -2.42.